The van der Waals surface area contributed by atoms with E-state index in [1.54, 1.807) is 24.3 Å². The Morgan fingerprint density at radius 2 is 1.88 bits per heavy atom. The highest BCUT2D eigenvalue weighted by molar-refractivity contribution is 7.89. The largest absolute Gasteiger partial charge is 0.396 e. The van der Waals surface area contributed by atoms with Gasteiger partial charge in [0, 0.05) is 12.3 Å². The van der Waals surface area contributed by atoms with E-state index in [0.717, 1.165) is 16.8 Å². The Morgan fingerprint density at radius 3 is 2.60 bits per heavy atom. The summed E-state index contributed by atoms with van der Waals surface area (Å²) in [5.74, 6) is 0.311. The van der Waals surface area contributed by atoms with Gasteiger partial charge in [-0.05, 0) is 37.1 Å². The van der Waals surface area contributed by atoms with Crippen LogP contribution in [0, 0.1) is 6.92 Å². The number of aliphatic hydroxyl groups is 1. The van der Waals surface area contributed by atoms with E-state index in [4.69, 9.17) is 0 Å². The number of hydrogen-bond acceptors (Lipinski definition) is 5. The van der Waals surface area contributed by atoms with E-state index < -0.39 is 10.0 Å². The van der Waals surface area contributed by atoms with Crippen LogP contribution in [0.25, 0.3) is 0 Å². The summed E-state index contributed by atoms with van der Waals surface area (Å²) < 4.78 is 27.1. The highest BCUT2D eigenvalue weighted by Gasteiger charge is 2.31. The minimum atomic E-state index is -3.66. The average molecular weight is 359 g/mol. The number of aryl methyl sites for hydroxylation is 1. The number of nitrogens with one attached hydrogen (secondary N) is 1. The van der Waals surface area contributed by atoms with E-state index >= 15 is 0 Å². The van der Waals surface area contributed by atoms with Crippen molar-refractivity contribution >= 4 is 21.7 Å². The molecule has 7 heteroatoms. The molecule has 0 bridgehead atoms. The molecule has 1 aliphatic heterocycles. The minimum Gasteiger partial charge on any atom is -0.396 e. The molecule has 3 rings (SSSR count). The predicted octanol–water partition coefficient (Wildman–Crippen LogP) is 2.00. The van der Waals surface area contributed by atoms with Crippen LogP contribution in [0.4, 0.5) is 5.69 Å². The number of aliphatic imine (C=N–C) groups is 1. The Labute approximate surface area is 147 Å². The van der Waals surface area contributed by atoms with Crippen molar-refractivity contribution in [2.45, 2.75) is 18.2 Å². The highest BCUT2D eigenvalue weighted by atomic mass is 32.2. The third-order valence-corrected chi connectivity index (χ3v) is 5.86. The van der Waals surface area contributed by atoms with Crippen molar-refractivity contribution in [2.75, 3.05) is 25.0 Å². The molecule has 0 aliphatic carbocycles. The number of guanidine groups is 1. The normalized spacial score (nSPS) is 14.5. The van der Waals surface area contributed by atoms with Gasteiger partial charge >= 0.3 is 0 Å². The standard InChI is InChI=1S/C18H21N3O3S/c1-14-6-8-16(9-7-14)25(23,24)21-12-11-19-18(21)20-17-5-3-2-4-15(17)10-13-22/h2-9,22H,10-13H2,1H3,(H,19,20). The van der Waals surface area contributed by atoms with Gasteiger partial charge in [0.05, 0.1) is 18.0 Å². The number of hydrogen-bond donors (Lipinski definition) is 2. The molecule has 0 amide bonds. The zero-order chi connectivity index (χ0) is 17.9. The first kappa shape index (κ1) is 17.4. The van der Waals surface area contributed by atoms with Gasteiger partial charge in [-0.1, -0.05) is 35.9 Å². The molecular weight excluding hydrogens is 338 g/mol. The molecule has 0 saturated heterocycles. The van der Waals surface area contributed by atoms with E-state index in [-0.39, 0.29) is 11.5 Å². The first-order valence-electron chi connectivity index (χ1n) is 8.12. The Hall–Kier alpha value is -2.38. The number of benzene rings is 2. The van der Waals surface area contributed by atoms with Crippen LogP contribution in [0.5, 0.6) is 0 Å². The molecule has 0 aromatic heterocycles. The van der Waals surface area contributed by atoms with Gasteiger partial charge in [0.15, 0.2) is 0 Å². The van der Waals surface area contributed by atoms with Crippen LogP contribution in [0.15, 0.2) is 58.4 Å². The predicted molar refractivity (Wildman–Crippen MR) is 98.2 cm³/mol. The van der Waals surface area contributed by atoms with Gasteiger partial charge < -0.3 is 10.4 Å². The highest BCUT2D eigenvalue weighted by Crippen LogP contribution is 2.22. The summed E-state index contributed by atoms with van der Waals surface area (Å²) in [5.41, 5.74) is 2.67. The van der Waals surface area contributed by atoms with Crippen LogP contribution in [0.1, 0.15) is 11.1 Å². The van der Waals surface area contributed by atoms with Gasteiger partial charge in [-0.15, -0.1) is 0 Å². The second-order valence-corrected chi connectivity index (χ2v) is 7.71. The van der Waals surface area contributed by atoms with Crippen molar-refractivity contribution < 1.29 is 13.5 Å². The quantitative estimate of drug-likeness (QED) is 0.855. The maximum absolute atomic E-state index is 12.9. The first-order valence-corrected chi connectivity index (χ1v) is 9.56. The molecule has 0 saturated carbocycles. The fraction of sp³-hybridized carbons (Fsp3) is 0.278. The van der Waals surface area contributed by atoms with E-state index in [9.17, 15) is 13.5 Å². The molecule has 0 atom stereocenters. The minimum absolute atomic E-state index is 0.0244. The van der Waals surface area contributed by atoms with Crippen LogP contribution in [0.2, 0.25) is 0 Å². The molecule has 2 N–H and O–H groups in total. The molecule has 0 radical (unpaired) electrons. The Balaban J connectivity index is 1.87. The van der Waals surface area contributed by atoms with Crippen LogP contribution >= 0.6 is 0 Å². The zero-order valence-corrected chi connectivity index (χ0v) is 14.8. The van der Waals surface area contributed by atoms with Gasteiger partial charge in [0.2, 0.25) is 5.96 Å². The maximum atomic E-state index is 12.9. The monoisotopic (exact) mass is 359 g/mol. The number of rotatable bonds is 5. The second-order valence-electron chi connectivity index (χ2n) is 5.85. The third kappa shape index (κ3) is 3.67. The van der Waals surface area contributed by atoms with Crippen molar-refractivity contribution in [1.82, 2.24) is 4.31 Å². The molecule has 1 aliphatic rings. The van der Waals surface area contributed by atoms with E-state index in [0.29, 0.717) is 25.5 Å². The summed E-state index contributed by atoms with van der Waals surface area (Å²) in [6, 6.07) is 14.3. The van der Waals surface area contributed by atoms with Crippen LogP contribution in [0.3, 0.4) is 0 Å². The number of sulfonamides is 1. The Morgan fingerprint density at radius 1 is 1.16 bits per heavy atom. The van der Waals surface area contributed by atoms with Crippen molar-refractivity contribution in [3.63, 3.8) is 0 Å². The van der Waals surface area contributed by atoms with Gasteiger partial charge in [-0.25, -0.2) is 12.7 Å². The first-order chi connectivity index (χ1) is 12.0. The van der Waals surface area contributed by atoms with Crippen molar-refractivity contribution in [1.29, 1.82) is 0 Å². The summed E-state index contributed by atoms with van der Waals surface area (Å²) in [5, 5.41) is 12.3. The molecule has 25 heavy (non-hydrogen) atoms. The van der Waals surface area contributed by atoms with Crippen LogP contribution in [-0.2, 0) is 16.4 Å². The third-order valence-electron chi connectivity index (χ3n) is 4.05. The van der Waals surface area contributed by atoms with Crippen molar-refractivity contribution in [3.05, 3.63) is 59.7 Å². The van der Waals surface area contributed by atoms with Crippen molar-refractivity contribution in [3.8, 4) is 0 Å². The van der Waals surface area contributed by atoms with Gasteiger partial charge in [0.1, 0.15) is 0 Å². The molecule has 0 fully saturated rings. The lowest BCUT2D eigenvalue weighted by Crippen LogP contribution is -2.38. The second kappa shape index (κ2) is 7.25. The lowest BCUT2D eigenvalue weighted by atomic mass is 10.1. The van der Waals surface area contributed by atoms with Gasteiger partial charge in [-0.2, -0.15) is 0 Å². The van der Waals surface area contributed by atoms with Gasteiger partial charge in [0.25, 0.3) is 10.0 Å². The molecule has 6 nitrogen and oxygen atoms in total. The van der Waals surface area contributed by atoms with E-state index in [2.05, 4.69) is 10.3 Å². The SMILES string of the molecule is Cc1ccc(S(=O)(=O)N2CCN=C2Nc2ccccc2CCO)cc1. The molecule has 0 spiro atoms. The maximum Gasteiger partial charge on any atom is 0.266 e. The lowest BCUT2D eigenvalue weighted by Gasteiger charge is -2.22. The summed E-state index contributed by atoms with van der Waals surface area (Å²) in [6.07, 6.45) is 0.487. The summed E-state index contributed by atoms with van der Waals surface area (Å²) >= 11 is 0. The summed E-state index contributed by atoms with van der Waals surface area (Å²) in [7, 11) is -3.66. The molecule has 1 heterocycles. The van der Waals surface area contributed by atoms with Crippen LogP contribution < -0.4 is 5.32 Å². The number of nitrogens with zero attached hydrogens (tertiary/aromatic N) is 2. The number of para-hydroxylation sites is 1. The molecule has 2 aromatic rings. The van der Waals surface area contributed by atoms with E-state index in [1.165, 1.54) is 4.31 Å². The average Bonchev–Trinajstić information content (AvgIpc) is 3.06. The number of anilines is 1. The van der Waals surface area contributed by atoms with Crippen molar-refractivity contribution in [2.24, 2.45) is 4.99 Å². The van der Waals surface area contributed by atoms with Gasteiger partial charge in [-0.3, -0.25) is 4.99 Å². The molecular formula is C18H21N3O3S. The Bertz CT molecular complexity index is 877. The fourth-order valence-corrected chi connectivity index (χ4v) is 4.09. The van der Waals surface area contributed by atoms with E-state index in [1.807, 2.05) is 31.2 Å². The number of aliphatic hydroxyl groups excluding tert-OH is 1. The fourth-order valence-electron chi connectivity index (χ4n) is 2.71. The smallest absolute Gasteiger partial charge is 0.266 e. The summed E-state index contributed by atoms with van der Waals surface area (Å²) in [6.45, 7) is 2.66. The lowest BCUT2D eigenvalue weighted by molar-refractivity contribution is 0.300. The van der Waals surface area contributed by atoms with Crippen LogP contribution in [-0.4, -0.2) is 43.5 Å². The Kier molecular flexibility index (Phi) is 5.06. The molecule has 2 aromatic carbocycles. The summed E-state index contributed by atoms with van der Waals surface area (Å²) in [4.78, 5) is 4.56. The topological polar surface area (TPSA) is 82.0 Å². The molecule has 0 unspecified atom stereocenters. The molecule has 132 valence electrons. The zero-order valence-electron chi connectivity index (χ0n) is 14.0.